The van der Waals surface area contributed by atoms with E-state index in [2.05, 4.69) is 6.92 Å². The number of hydrogen-bond acceptors (Lipinski definition) is 3. The lowest BCUT2D eigenvalue weighted by molar-refractivity contribution is 0.173. The average Bonchev–Trinajstić information content (AvgIpc) is 3.53. The van der Waals surface area contributed by atoms with E-state index in [-0.39, 0.29) is 22.7 Å². The molecular formula is C30H38F2O3. The highest BCUT2D eigenvalue weighted by Gasteiger charge is 2.24. The minimum absolute atomic E-state index is 0.0429. The van der Waals surface area contributed by atoms with Crippen molar-refractivity contribution in [3.05, 3.63) is 35.9 Å². The number of fused-ring (bicyclic) bond motifs is 3. The Balaban J connectivity index is 1.24. The summed E-state index contributed by atoms with van der Waals surface area (Å²) in [5.74, 6) is 1.01. The molecule has 0 N–H and O–H groups in total. The molecule has 2 saturated carbocycles. The van der Waals surface area contributed by atoms with Gasteiger partial charge in [-0.15, -0.1) is 0 Å². The van der Waals surface area contributed by atoms with Gasteiger partial charge in [-0.05, 0) is 67.7 Å². The van der Waals surface area contributed by atoms with Crippen LogP contribution in [0.3, 0.4) is 0 Å². The molecule has 0 saturated heterocycles. The van der Waals surface area contributed by atoms with Crippen LogP contribution in [0, 0.1) is 29.4 Å². The summed E-state index contributed by atoms with van der Waals surface area (Å²) in [5, 5.41) is 1.11. The molecule has 190 valence electrons. The van der Waals surface area contributed by atoms with Crippen LogP contribution in [0.1, 0.15) is 84.0 Å². The summed E-state index contributed by atoms with van der Waals surface area (Å²) in [6, 6.07) is 6.80. The van der Waals surface area contributed by atoms with Gasteiger partial charge in [0.25, 0.3) is 0 Å². The first-order valence-corrected chi connectivity index (χ1v) is 13.7. The highest BCUT2D eigenvalue weighted by atomic mass is 19.1. The first-order valence-electron chi connectivity index (χ1n) is 13.7. The summed E-state index contributed by atoms with van der Waals surface area (Å²) in [5.41, 5.74) is 0.0883. The van der Waals surface area contributed by atoms with E-state index in [1.54, 1.807) is 24.3 Å². The van der Waals surface area contributed by atoms with Crippen molar-refractivity contribution in [2.45, 2.75) is 84.0 Å². The molecule has 3 nitrogen and oxygen atoms in total. The van der Waals surface area contributed by atoms with Crippen LogP contribution in [-0.2, 0) is 0 Å². The Labute approximate surface area is 207 Å². The molecule has 3 aromatic rings. The zero-order valence-electron chi connectivity index (χ0n) is 20.9. The van der Waals surface area contributed by atoms with Gasteiger partial charge in [0, 0.05) is 10.8 Å². The lowest BCUT2D eigenvalue weighted by Crippen LogP contribution is -2.20. The third kappa shape index (κ3) is 5.44. The Bertz CT molecular complexity index is 1120. The molecule has 0 amide bonds. The van der Waals surface area contributed by atoms with E-state index in [0.717, 1.165) is 31.6 Å². The smallest absolute Gasteiger partial charge is 0.208 e. The van der Waals surface area contributed by atoms with Crippen LogP contribution in [0.15, 0.2) is 28.7 Å². The van der Waals surface area contributed by atoms with Crippen molar-refractivity contribution in [2.75, 3.05) is 13.2 Å². The molecule has 0 radical (unpaired) electrons. The fourth-order valence-electron chi connectivity index (χ4n) is 5.99. The Hall–Kier alpha value is -2.30. The summed E-state index contributed by atoms with van der Waals surface area (Å²) in [6.45, 7) is 3.27. The first kappa shape index (κ1) is 24.4. The van der Waals surface area contributed by atoms with Crippen LogP contribution in [0.2, 0.25) is 0 Å². The number of unbranched alkanes of at least 4 members (excludes halogenated alkanes) is 2. The fraction of sp³-hybridized carbons (Fsp3) is 0.600. The summed E-state index contributed by atoms with van der Waals surface area (Å²) >= 11 is 0. The molecule has 0 aliphatic heterocycles. The van der Waals surface area contributed by atoms with Gasteiger partial charge in [-0.2, -0.15) is 8.78 Å². The molecule has 0 bridgehead atoms. The van der Waals surface area contributed by atoms with Gasteiger partial charge in [-0.25, -0.2) is 0 Å². The van der Waals surface area contributed by atoms with Gasteiger partial charge in [-0.3, -0.25) is 0 Å². The third-order valence-electron chi connectivity index (χ3n) is 8.22. The number of halogens is 2. The normalized spacial score (nSPS) is 21.2. The second kappa shape index (κ2) is 11.2. The van der Waals surface area contributed by atoms with Crippen molar-refractivity contribution in [3.8, 4) is 11.5 Å². The highest BCUT2D eigenvalue weighted by molar-refractivity contribution is 6.06. The second-order valence-electron chi connectivity index (χ2n) is 10.8. The predicted molar refractivity (Wildman–Crippen MR) is 136 cm³/mol. The van der Waals surface area contributed by atoms with Gasteiger partial charge in [0.1, 0.15) is 0 Å². The van der Waals surface area contributed by atoms with E-state index < -0.39 is 11.6 Å². The number of ether oxygens (including phenoxy) is 2. The minimum Gasteiger partial charge on any atom is -0.490 e. The van der Waals surface area contributed by atoms with Gasteiger partial charge in [0.2, 0.25) is 11.6 Å². The van der Waals surface area contributed by atoms with Crippen molar-refractivity contribution >= 4 is 21.9 Å². The van der Waals surface area contributed by atoms with E-state index in [1.165, 1.54) is 51.4 Å². The number of hydrogen-bond donors (Lipinski definition) is 0. The Morgan fingerprint density at radius 3 is 1.77 bits per heavy atom. The predicted octanol–water partition coefficient (Wildman–Crippen LogP) is 9.20. The van der Waals surface area contributed by atoms with Crippen LogP contribution in [0.5, 0.6) is 11.5 Å². The lowest BCUT2D eigenvalue weighted by atomic mass is 9.80. The van der Waals surface area contributed by atoms with E-state index in [0.29, 0.717) is 35.8 Å². The fourth-order valence-corrected chi connectivity index (χ4v) is 5.99. The quantitative estimate of drug-likeness (QED) is 0.269. The van der Waals surface area contributed by atoms with E-state index in [4.69, 9.17) is 13.9 Å². The van der Waals surface area contributed by atoms with Crippen molar-refractivity contribution < 1.29 is 22.7 Å². The number of benzene rings is 2. The molecule has 1 heterocycles. The molecule has 0 spiro atoms. The van der Waals surface area contributed by atoms with E-state index in [9.17, 15) is 0 Å². The van der Waals surface area contributed by atoms with Gasteiger partial charge >= 0.3 is 0 Å². The van der Waals surface area contributed by atoms with Gasteiger partial charge in [-0.1, -0.05) is 58.3 Å². The molecule has 2 aliphatic carbocycles. The van der Waals surface area contributed by atoms with Crippen LogP contribution < -0.4 is 9.47 Å². The molecule has 2 aromatic carbocycles. The number of rotatable bonds is 10. The maximum absolute atomic E-state index is 15.3. The maximum atomic E-state index is 15.3. The molecular weight excluding hydrogens is 446 g/mol. The molecule has 2 aliphatic rings. The minimum atomic E-state index is -0.561. The summed E-state index contributed by atoms with van der Waals surface area (Å²) in [6.07, 6.45) is 14.7. The first-order chi connectivity index (χ1) is 17.1. The average molecular weight is 485 g/mol. The van der Waals surface area contributed by atoms with E-state index in [1.807, 2.05) is 0 Å². The van der Waals surface area contributed by atoms with Crippen LogP contribution >= 0.6 is 0 Å². The topological polar surface area (TPSA) is 31.6 Å². The molecule has 2 fully saturated rings. The zero-order valence-corrected chi connectivity index (χ0v) is 20.9. The monoisotopic (exact) mass is 484 g/mol. The van der Waals surface area contributed by atoms with Gasteiger partial charge in [0.05, 0.1) is 13.2 Å². The molecule has 0 atom stereocenters. The van der Waals surface area contributed by atoms with Crippen molar-refractivity contribution in [3.63, 3.8) is 0 Å². The molecule has 5 rings (SSSR count). The Morgan fingerprint density at radius 1 is 0.714 bits per heavy atom. The summed E-state index contributed by atoms with van der Waals surface area (Å²) in [4.78, 5) is 0. The Morgan fingerprint density at radius 2 is 1.23 bits per heavy atom. The van der Waals surface area contributed by atoms with Crippen molar-refractivity contribution in [1.29, 1.82) is 0 Å². The number of furan rings is 1. The largest absolute Gasteiger partial charge is 0.490 e. The van der Waals surface area contributed by atoms with Crippen molar-refractivity contribution in [1.82, 2.24) is 0 Å². The third-order valence-corrected chi connectivity index (χ3v) is 8.22. The highest BCUT2D eigenvalue weighted by Crippen LogP contribution is 2.39. The summed E-state index contributed by atoms with van der Waals surface area (Å²) in [7, 11) is 0. The van der Waals surface area contributed by atoms with Crippen LogP contribution in [0.4, 0.5) is 8.78 Å². The van der Waals surface area contributed by atoms with Crippen molar-refractivity contribution in [2.24, 2.45) is 17.8 Å². The van der Waals surface area contributed by atoms with Crippen LogP contribution in [-0.4, -0.2) is 13.2 Å². The SMILES string of the molecule is CCCCCC1CCC(COc2ccc3c(oc4c(F)c(OCC5CCCC5)ccc43)c2F)CC1. The second-order valence-corrected chi connectivity index (χ2v) is 10.8. The van der Waals surface area contributed by atoms with Gasteiger partial charge < -0.3 is 13.9 Å². The molecule has 1 aromatic heterocycles. The van der Waals surface area contributed by atoms with Crippen LogP contribution in [0.25, 0.3) is 21.9 Å². The Kier molecular flexibility index (Phi) is 7.79. The molecule has 35 heavy (non-hydrogen) atoms. The van der Waals surface area contributed by atoms with E-state index >= 15 is 8.78 Å². The maximum Gasteiger partial charge on any atom is 0.208 e. The lowest BCUT2D eigenvalue weighted by Gasteiger charge is -2.28. The molecule has 0 unspecified atom stereocenters. The zero-order chi connectivity index (χ0) is 24.2. The molecule has 5 heteroatoms. The van der Waals surface area contributed by atoms with Gasteiger partial charge in [0.15, 0.2) is 22.7 Å². The summed E-state index contributed by atoms with van der Waals surface area (Å²) < 4.78 is 47.9. The standard InChI is InChI=1S/C30H38F2O3/c1-2-3-4-7-20-10-12-22(13-11-20)19-34-26-17-15-24-23-14-16-25(33-18-21-8-5-6-9-21)27(31)29(23)35-30(24)28(26)32/h14-17,20-22H,2-13,18-19H2,1H3.